The van der Waals surface area contributed by atoms with E-state index in [1.165, 1.54) is 18.9 Å². The molecule has 1 fully saturated rings. The molecule has 1 heterocycles. The Labute approximate surface area is 126 Å². The fourth-order valence-electron chi connectivity index (χ4n) is 2.95. The molecule has 20 heavy (non-hydrogen) atoms. The third-order valence-electron chi connectivity index (χ3n) is 4.30. The second-order valence-electron chi connectivity index (χ2n) is 6.02. The van der Waals surface area contributed by atoms with Crippen molar-refractivity contribution in [2.24, 2.45) is 17.6 Å². The van der Waals surface area contributed by atoms with Crippen molar-refractivity contribution in [3.05, 3.63) is 35.1 Å². The number of thiocarbonyl (C=S) groups is 1. The van der Waals surface area contributed by atoms with Crippen LogP contribution in [0.15, 0.2) is 18.2 Å². The first-order valence-corrected chi connectivity index (χ1v) is 7.68. The van der Waals surface area contributed by atoms with Crippen molar-refractivity contribution in [3.63, 3.8) is 0 Å². The summed E-state index contributed by atoms with van der Waals surface area (Å²) in [6.07, 6.45) is 2.44. The molecular formula is C16H23FN2S. The normalized spacial score (nSPS) is 17.6. The van der Waals surface area contributed by atoms with E-state index in [4.69, 9.17) is 18.0 Å². The van der Waals surface area contributed by atoms with Gasteiger partial charge in [0.05, 0.1) is 0 Å². The molecule has 0 saturated carbocycles. The summed E-state index contributed by atoms with van der Waals surface area (Å²) in [7, 11) is 0. The molecular weight excluding hydrogens is 271 g/mol. The van der Waals surface area contributed by atoms with Gasteiger partial charge in [-0.05, 0) is 61.5 Å². The quantitative estimate of drug-likeness (QED) is 0.864. The van der Waals surface area contributed by atoms with Crippen LogP contribution in [-0.4, -0.2) is 23.0 Å². The summed E-state index contributed by atoms with van der Waals surface area (Å²) in [5, 5.41) is 0. The zero-order chi connectivity index (χ0) is 14.7. The van der Waals surface area contributed by atoms with E-state index in [-0.39, 0.29) is 5.82 Å². The van der Waals surface area contributed by atoms with Crippen molar-refractivity contribution in [3.8, 4) is 0 Å². The van der Waals surface area contributed by atoms with Gasteiger partial charge in [0.2, 0.25) is 0 Å². The van der Waals surface area contributed by atoms with E-state index in [0.29, 0.717) is 4.99 Å². The first-order chi connectivity index (χ1) is 9.47. The fourth-order valence-corrected chi connectivity index (χ4v) is 3.15. The molecule has 0 atom stereocenters. The van der Waals surface area contributed by atoms with Crippen LogP contribution in [0, 0.1) is 17.7 Å². The van der Waals surface area contributed by atoms with Crippen LogP contribution in [0.5, 0.6) is 0 Å². The molecule has 0 unspecified atom stereocenters. The maximum atomic E-state index is 13.4. The number of likely N-dealkylation sites (tertiary alicyclic amines) is 1. The number of hydrogen-bond donors (Lipinski definition) is 1. The largest absolute Gasteiger partial charge is 0.389 e. The van der Waals surface area contributed by atoms with E-state index >= 15 is 0 Å². The fraction of sp³-hybridized carbons (Fsp3) is 0.562. The van der Waals surface area contributed by atoms with Crippen molar-refractivity contribution in [1.29, 1.82) is 0 Å². The third kappa shape index (κ3) is 3.76. The van der Waals surface area contributed by atoms with Gasteiger partial charge in [-0.15, -0.1) is 0 Å². The molecule has 110 valence electrons. The van der Waals surface area contributed by atoms with Crippen LogP contribution in [-0.2, 0) is 6.54 Å². The Kier molecular flexibility index (Phi) is 5.11. The van der Waals surface area contributed by atoms with Crippen LogP contribution in [0.25, 0.3) is 0 Å². The number of piperidine rings is 1. The Hall–Kier alpha value is -1.00. The molecule has 2 N–H and O–H groups in total. The van der Waals surface area contributed by atoms with Crippen molar-refractivity contribution in [2.45, 2.75) is 33.2 Å². The van der Waals surface area contributed by atoms with E-state index in [0.717, 1.165) is 42.6 Å². The van der Waals surface area contributed by atoms with Gasteiger partial charge in [-0.1, -0.05) is 26.1 Å². The predicted octanol–water partition coefficient (Wildman–Crippen LogP) is 3.33. The lowest BCUT2D eigenvalue weighted by Crippen LogP contribution is -2.35. The van der Waals surface area contributed by atoms with Crippen LogP contribution < -0.4 is 5.73 Å². The number of nitrogens with zero attached hydrogens (tertiary/aromatic N) is 1. The highest BCUT2D eigenvalue weighted by atomic mass is 32.1. The Morgan fingerprint density at radius 2 is 2.05 bits per heavy atom. The van der Waals surface area contributed by atoms with Gasteiger partial charge in [-0.2, -0.15) is 0 Å². The molecule has 1 aliphatic rings. The van der Waals surface area contributed by atoms with Gasteiger partial charge < -0.3 is 5.73 Å². The Balaban J connectivity index is 2.04. The molecule has 4 heteroatoms. The number of benzene rings is 1. The molecule has 0 bridgehead atoms. The second-order valence-corrected chi connectivity index (χ2v) is 6.46. The third-order valence-corrected chi connectivity index (χ3v) is 4.52. The van der Waals surface area contributed by atoms with Crippen molar-refractivity contribution < 1.29 is 4.39 Å². The molecule has 0 radical (unpaired) electrons. The summed E-state index contributed by atoms with van der Waals surface area (Å²) >= 11 is 5.05. The van der Waals surface area contributed by atoms with Crippen molar-refractivity contribution in [1.82, 2.24) is 4.90 Å². The SMILES string of the molecule is CC(C)C1CCN(Cc2cc(F)ccc2C(N)=S)CC1. The van der Waals surface area contributed by atoms with E-state index in [9.17, 15) is 4.39 Å². The first kappa shape index (κ1) is 15.4. The Morgan fingerprint density at radius 3 is 2.60 bits per heavy atom. The molecule has 1 aromatic rings. The zero-order valence-electron chi connectivity index (χ0n) is 12.2. The summed E-state index contributed by atoms with van der Waals surface area (Å²) in [5.41, 5.74) is 7.42. The van der Waals surface area contributed by atoms with Crippen LogP contribution >= 0.6 is 12.2 Å². The number of nitrogens with two attached hydrogens (primary N) is 1. The molecule has 0 spiro atoms. The van der Waals surface area contributed by atoms with Crippen LogP contribution in [0.1, 0.15) is 37.8 Å². The van der Waals surface area contributed by atoms with Gasteiger partial charge in [0.25, 0.3) is 0 Å². The lowest BCUT2D eigenvalue weighted by molar-refractivity contribution is 0.152. The highest BCUT2D eigenvalue weighted by Gasteiger charge is 2.22. The topological polar surface area (TPSA) is 29.3 Å². The highest BCUT2D eigenvalue weighted by Crippen LogP contribution is 2.26. The molecule has 0 aliphatic carbocycles. The van der Waals surface area contributed by atoms with Crippen LogP contribution in [0.3, 0.4) is 0 Å². The Bertz CT molecular complexity index is 479. The van der Waals surface area contributed by atoms with Gasteiger partial charge >= 0.3 is 0 Å². The zero-order valence-corrected chi connectivity index (χ0v) is 13.0. The van der Waals surface area contributed by atoms with E-state index in [1.54, 1.807) is 12.1 Å². The monoisotopic (exact) mass is 294 g/mol. The minimum absolute atomic E-state index is 0.225. The summed E-state index contributed by atoms with van der Waals surface area (Å²) in [4.78, 5) is 2.71. The molecule has 1 aromatic carbocycles. The number of hydrogen-bond acceptors (Lipinski definition) is 2. The van der Waals surface area contributed by atoms with Gasteiger partial charge in [-0.25, -0.2) is 4.39 Å². The summed E-state index contributed by atoms with van der Waals surface area (Å²) < 4.78 is 13.4. The maximum absolute atomic E-state index is 13.4. The summed E-state index contributed by atoms with van der Waals surface area (Å²) in [5.74, 6) is 1.34. The standard InChI is InChI=1S/C16H23FN2S/c1-11(2)12-5-7-19(8-6-12)10-13-9-14(17)3-4-15(13)16(18)20/h3-4,9,11-12H,5-8,10H2,1-2H3,(H2,18,20). The average Bonchev–Trinajstić information content (AvgIpc) is 2.39. The molecule has 0 aromatic heterocycles. The first-order valence-electron chi connectivity index (χ1n) is 7.28. The molecule has 1 saturated heterocycles. The second kappa shape index (κ2) is 6.64. The molecule has 2 rings (SSSR count). The maximum Gasteiger partial charge on any atom is 0.123 e. The minimum atomic E-state index is -0.225. The molecule has 0 amide bonds. The van der Waals surface area contributed by atoms with Crippen LogP contribution in [0.2, 0.25) is 0 Å². The van der Waals surface area contributed by atoms with Gasteiger partial charge in [0.15, 0.2) is 0 Å². The van der Waals surface area contributed by atoms with Crippen LogP contribution in [0.4, 0.5) is 4.39 Å². The smallest absolute Gasteiger partial charge is 0.123 e. The van der Waals surface area contributed by atoms with Gasteiger partial charge in [-0.3, -0.25) is 4.90 Å². The summed E-state index contributed by atoms with van der Waals surface area (Å²) in [6, 6.07) is 4.67. The van der Waals surface area contributed by atoms with Crippen molar-refractivity contribution >= 4 is 17.2 Å². The number of rotatable bonds is 4. The molecule has 1 aliphatic heterocycles. The van der Waals surface area contributed by atoms with E-state index in [2.05, 4.69) is 18.7 Å². The number of halogens is 1. The average molecular weight is 294 g/mol. The lowest BCUT2D eigenvalue weighted by atomic mass is 9.86. The summed E-state index contributed by atoms with van der Waals surface area (Å²) in [6.45, 7) is 7.44. The predicted molar refractivity (Wildman–Crippen MR) is 85.1 cm³/mol. The van der Waals surface area contributed by atoms with E-state index < -0.39 is 0 Å². The van der Waals surface area contributed by atoms with Gasteiger partial charge in [0, 0.05) is 12.1 Å². The molecule has 2 nitrogen and oxygen atoms in total. The van der Waals surface area contributed by atoms with E-state index in [1.807, 2.05) is 0 Å². The van der Waals surface area contributed by atoms with Gasteiger partial charge in [0.1, 0.15) is 10.8 Å². The lowest BCUT2D eigenvalue weighted by Gasteiger charge is -2.34. The van der Waals surface area contributed by atoms with Crippen molar-refractivity contribution in [2.75, 3.05) is 13.1 Å². The Morgan fingerprint density at radius 1 is 1.40 bits per heavy atom. The minimum Gasteiger partial charge on any atom is -0.389 e. The highest BCUT2D eigenvalue weighted by molar-refractivity contribution is 7.80.